The van der Waals surface area contributed by atoms with Crippen LogP contribution in [0.4, 0.5) is 10.1 Å². The molecule has 0 atom stereocenters. The number of tetrazole rings is 1. The fourth-order valence-electron chi connectivity index (χ4n) is 2.20. The summed E-state index contributed by atoms with van der Waals surface area (Å²) in [5.41, 5.74) is 9.69. The van der Waals surface area contributed by atoms with Crippen LogP contribution in [-0.2, 0) is 0 Å². The summed E-state index contributed by atoms with van der Waals surface area (Å²) in [6.07, 6.45) is 0. The predicted octanol–water partition coefficient (Wildman–Crippen LogP) is 2.67. The van der Waals surface area contributed by atoms with Crippen molar-refractivity contribution in [3.63, 3.8) is 0 Å². The third kappa shape index (κ3) is 2.47. The monoisotopic (exact) mass is 283 g/mol. The number of aromatic nitrogens is 4. The van der Waals surface area contributed by atoms with Crippen LogP contribution >= 0.6 is 0 Å². The van der Waals surface area contributed by atoms with Gasteiger partial charge in [0, 0.05) is 11.3 Å². The molecule has 1 aromatic heterocycles. The zero-order valence-corrected chi connectivity index (χ0v) is 11.7. The molecule has 6 heteroatoms. The molecule has 0 saturated carbocycles. The molecular weight excluding hydrogens is 269 g/mol. The summed E-state index contributed by atoms with van der Waals surface area (Å²) >= 11 is 0. The van der Waals surface area contributed by atoms with Crippen LogP contribution in [0.25, 0.3) is 17.1 Å². The van der Waals surface area contributed by atoms with Crippen LogP contribution in [-0.4, -0.2) is 20.2 Å². The van der Waals surface area contributed by atoms with Crippen molar-refractivity contribution in [2.24, 2.45) is 0 Å². The van der Waals surface area contributed by atoms with Crippen molar-refractivity contribution in [2.45, 2.75) is 13.8 Å². The number of nitrogens with zero attached hydrogens (tertiary/aromatic N) is 4. The summed E-state index contributed by atoms with van der Waals surface area (Å²) in [5.74, 6) is 0.225. The standard InChI is InChI=1S/C15H14FN5/c1-9-5-12(16)8-13(6-9)21-15(18-19-20-21)11-3-4-14(17)10(2)7-11/h3-8H,17H2,1-2H3. The molecule has 2 aromatic carbocycles. The van der Waals surface area contributed by atoms with E-state index in [9.17, 15) is 4.39 Å². The van der Waals surface area contributed by atoms with E-state index in [1.165, 1.54) is 16.8 Å². The van der Waals surface area contributed by atoms with Gasteiger partial charge in [-0.1, -0.05) is 0 Å². The van der Waals surface area contributed by atoms with E-state index < -0.39 is 0 Å². The molecule has 0 fully saturated rings. The van der Waals surface area contributed by atoms with Gasteiger partial charge in [0.1, 0.15) is 5.82 Å². The number of rotatable bonds is 2. The SMILES string of the molecule is Cc1cc(F)cc(-n2nnnc2-c2ccc(N)c(C)c2)c1. The fraction of sp³-hybridized carbons (Fsp3) is 0.133. The van der Waals surface area contributed by atoms with Gasteiger partial charge in [-0.25, -0.2) is 4.39 Å². The normalized spacial score (nSPS) is 10.8. The van der Waals surface area contributed by atoms with Gasteiger partial charge in [-0.05, 0) is 71.8 Å². The Morgan fingerprint density at radius 2 is 1.90 bits per heavy atom. The lowest BCUT2D eigenvalue weighted by Crippen LogP contribution is -2.01. The van der Waals surface area contributed by atoms with Gasteiger partial charge in [0.15, 0.2) is 5.82 Å². The van der Waals surface area contributed by atoms with Gasteiger partial charge in [-0.15, -0.1) is 5.10 Å². The number of anilines is 1. The van der Waals surface area contributed by atoms with Crippen LogP contribution in [0.1, 0.15) is 11.1 Å². The van der Waals surface area contributed by atoms with E-state index in [1.54, 1.807) is 6.07 Å². The molecule has 106 valence electrons. The van der Waals surface area contributed by atoms with Crippen molar-refractivity contribution >= 4 is 5.69 Å². The van der Waals surface area contributed by atoms with Crippen molar-refractivity contribution in [3.05, 3.63) is 53.3 Å². The van der Waals surface area contributed by atoms with Crippen LogP contribution < -0.4 is 5.73 Å². The number of nitrogens with two attached hydrogens (primary N) is 1. The molecule has 5 nitrogen and oxygen atoms in total. The van der Waals surface area contributed by atoms with Gasteiger partial charge >= 0.3 is 0 Å². The highest BCUT2D eigenvalue weighted by molar-refractivity contribution is 5.63. The molecule has 0 aliphatic rings. The van der Waals surface area contributed by atoms with E-state index in [-0.39, 0.29) is 5.82 Å². The average Bonchev–Trinajstić information content (AvgIpc) is 2.90. The molecule has 3 aromatic rings. The maximum atomic E-state index is 13.6. The first kappa shape index (κ1) is 13.2. The molecule has 0 unspecified atom stereocenters. The summed E-state index contributed by atoms with van der Waals surface area (Å²) < 4.78 is 15.1. The molecule has 2 N–H and O–H groups in total. The van der Waals surface area contributed by atoms with Gasteiger partial charge in [-0.2, -0.15) is 4.68 Å². The first-order valence-electron chi connectivity index (χ1n) is 6.47. The molecule has 0 saturated heterocycles. The molecular formula is C15H14FN5. The summed E-state index contributed by atoms with van der Waals surface area (Å²) in [7, 11) is 0. The Bertz CT molecular complexity index is 789. The summed E-state index contributed by atoms with van der Waals surface area (Å²) in [6.45, 7) is 3.74. The minimum Gasteiger partial charge on any atom is -0.399 e. The highest BCUT2D eigenvalue weighted by Crippen LogP contribution is 2.23. The molecule has 0 aliphatic heterocycles. The highest BCUT2D eigenvalue weighted by Gasteiger charge is 2.12. The lowest BCUT2D eigenvalue weighted by atomic mass is 10.1. The molecule has 3 rings (SSSR count). The van der Waals surface area contributed by atoms with E-state index in [0.29, 0.717) is 17.2 Å². The van der Waals surface area contributed by atoms with Gasteiger partial charge in [0.25, 0.3) is 0 Å². The van der Waals surface area contributed by atoms with Gasteiger partial charge < -0.3 is 5.73 Å². The highest BCUT2D eigenvalue weighted by atomic mass is 19.1. The van der Waals surface area contributed by atoms with Crippen molar-refractivity contribution < 1.29 is 4.39 Å². The minimum absolute atomic E-state index is 0.320. The summed E-state index contributed by atoms with van der Waals surface area (Å²) in [6, 6.07) is 10.2. The number of nitrogen functional groups attached to an aromatic ring is 1. The minimum atomic E-state index is -0.320. The first-order valence-corrected chi connectivity index (χ1v) is 6.47. The van der Waals surface area contributed by atoms with Crippen molar-refractivity contribution in [1.82, 2.24) is 20.2 Å². The van der Waals surface area contributed by atoms with Crippen molar-refractivity contribution in [1.29, 1.82) is 0 Å². The lowest BCUT2D eigenvalue weighted by molar-refractivity contribution is 0.623. The van der Waals surface area contributed by atoms with Gasteiger partial charge in [0.05, 0.1) is 5.69 Å². The second-order valence-corrected chi connectivity index (χ2v) is 4.97. The van der Waals surface area contributed by atoms with Gasteiger partial charge in [0.2, 0.25) is 0 Å². The van der Waals surface area contributed by atoms with E-state index in [1.807, 2.05) is 32.0 Å². The van der Waals surface area contributed by atoms with Crippen LogP contribution in [0.2, 0.25) is 0 Å². The van der Waals surface area contributed by atoms with E-state index in [2.05, 4.69) is 15.5 Å². The number of benzene rings is 2. The summed E-state index contributed by atoms with van der Waals surface area (Å²) in [5, 5.41) is 11.7. The zero-order chi connectivity index (χ0) is 15.0. The molecule has 0 radical (unpaired) electrons. The van der Waals surface area contributed by atoms with E-state index in [0.717, 1.165) is 16.7 Å². The quantitative estimate of drug-likeness (QED) is 0.734. The maximum absolute atomic E-state index is 13.6. The van der Waals surface area contributed by atoms with Crippen LogP contribution in [0, 0.1) is 19.7 Å². The Morgan fingerprint density at radius 3 is 2.62 bits per heavy atom. The average molecular weight is 283 g/mol. The van der Waals surface area contributed by atoms with Crippen LogP contribution in [0.5, 0.6) is 0 Å². The zero-order valence-electron chi connectivity index (χ0n) is 11.7. The fourth-order valence-corrected chi connectivity index (χ4v) is 2.20. The predicted molar refractivity (Wildman–Crippen MR) is 78.4 cm³/mol. The van der Waals surface area contributed by atoms with E-state index >= 15 is 0 Å². The summed E-state index contributed by atoms with van der Waals surface area (Å²) in [4.78, 5) is 0. The Hall–Kier alpha value is -2.76. The van der Waals surface area contributed by atoms with Crippen molar-refractivity contribution in [3.8, 4) is 17.1 Å². The number of aryl methyl sites for hydroxylation is 2. The Labute approximate surface area is 121 Å². The molecule has 1 heterocycles. The molecule has 0 bridgehead atoms. The third-order valence-electron chi connectivity index (χ3n) is 3.27. The third-order valence-corrected chi connectivity index (χ3v) is 3.27. The molecule has 0 aliphatic carbocycles. The molecule has 0 spiro atoms. The Balaban J connectivity index is 2.14. The second-order valence-electron chi connectivity index (χ2n) is 4.97. The Morgan fingerprint density at radius 1 is 1.10 bits per heavy atom. The topological polar surface area (TPSA) is 69.6 Å². The molecule has 0 amide bonds. The lowest BCUT2D eigenvalue weighted by Gasteiger charge is -2.07. The second kappa shape index (κ2) is 4.97. The number of halogens is 1. The van der Waals surface area contributed by atoms with Crippen molar-refractivity contribution in [2.75, 3.05) is 5.73 Å². The van der Waals surface area contributed by atoms with E-state index in [4.69, 9.17) is 5.73 Å². The largest absolute Gasteiger partial charge is 0.399 e. The Kier molecular flexibility index (Phi) is 3.13. The van der Waals surface area contributed by atoms with Crippen LogP contribution in [0.15, 0.2) is 36.4 Å². The smallest absolute Gasteiger partial charge is 0.187 e. The van der Waals surface area contributed by atoms with Gasteiger partial charge in [-0.3, -0.25) is 0 Å². The maximum Gasteiger partial charge on any atom is 0.187 e. The van der Waals surface area contributed by atoms with Crippen LogP contribution in [0.3, 0.4) is 0 Å². The molecule has 21 heavy (non-hydrogen) atoms. The number of hydrogen-bond donors (Lipinski definition) is 1. The first-order chi connectivity index (χ1) is 10.0. The number of hydrogen-bond acceptors (Lipinski definition) is 4.